The maximum absolute atomic E-state index is 5.82. The van der Waals surface area contributed by atoms with Crippen LogP contribution < -0.4 is 5.73 Å². The molecule has 0 spiro atoms. The SMILES string of the molecule is Cc1cc(CC(C)N)c(C)n1C(C)C. The fraction of sp³-hybridized carbons (Fsp3) is 0.667. The van der Waals surface area contributed by atoms with Gasteiger partial charge in [-0.25, -0.2) is 0 Å². The third-order valence-corrected chi connectivity index (χ3v) is 2.65. The zero-order valence-corrected chi connectivity index (χ0v) is 9.96. The normalized spacial score (nSPS) is 13.6. The van der Waals surface area contributed by atoms with Crippen molar-refractivity contribution in [3.05, 3.63) is 23.0 Å². The molecule has 0 aliphatic heterocycles. The molecule has 0 amide bonds. The molecule has 0 saturated heterocycles. The number of rotatable bonds is 3. The summed E-state index contributed by atoms with van der Waals surface area (Å²) in [5.41, 5.74) is 9.93. The molecule has 2 nitrogen and oxygen atoms in total. The van der Waals surface area contributed by atoms with E-state index in [1.807, 2.05) is 0 Å². The van der Waals surface area contributed by atoms with Crippen LogP contribution in [-0.2, 0) is 6.42 Å². The lowest BCUT2D eigenvalue weighted by molar-refractivity contribution is 0.571. The van der Waals surface area contributed by atoms with Crippen LogP contribution in [0.5, 0.6) is 0 Å². The number of nitrogens with two attached hydrogens (primary N) is 1. The first-order chi connectivity index (χ1) is 6.43. The molecule has 1 atom stereocenters. The van der Waals surface area contributed by atoms with Crippen LogP contribution in [0.25, 0.3) is 0 Å². The maximum Gasteiger partial charge on any atom is 0.0279 e. The molecule has 1 aromatic rings. The molecule has 1 rings (SSSR count). The summed E-state index contributed by atoms with van der Waals surface area (Å²) in [6.45, 7) is 10.8. The van der Waals surface area contributed by atoms with Gasteiger partial charge in [0.1, 0.15) is 0 Å². The Kier molecular flexibility index (Phi) is 3.38. The van der Waals surface area contributed by atoms with Gasteiger partial charge in [0.15, 0.2) is 0 Å². The summed E-state index contributed by atoms with van der Waals surface area (Å²) in [7, 11) is 0. The molecule has 1 heterocycles. The van der Waals surface area contributed by atoms with Gasteiger partial charge in [0.2, 0.25) is 0 Å². The van der Waals surface area contributed by atoms with Crippen LogP contribution in [0.15, 0.2) is 6.07 Å². The second kappa shape index (κ2) is 4.18. The van der Waals surface area contributed by atoms with E-state index in [1.165, 1.54) is 17.0 Å². The first kappa shape index (κ1) is 11.3. The van der Waals surface area contributed by atoms with Gasteiger partial charge >= 0.3 is 0 Å². The van der Waals surface area contributed by atoms with Crippen LogP contribution in [0.2, 0.25) is 0 Å². The van der Waals surface area contributed by atoms with Gasteiger partial charge < -0.3 is 10.3 Å². The number of nitrogens with zero attached hydrogens (tertiary/aromatic N) is 1. The Balaban J connectivity index is 3.04. The standard InChI is InChI=1S/C12H22N2/c1-8(2)14-10(4)7-12(11(14)5)6-9(3)13/h7-9H,6,13H2,1-5H3. The van der Waals surface area contributed by atoms with Crippen molar-refractivity contribution in [2.24, 2.45) is 5.73 Å². The molecule has 0 aromatic carbocycles. The molecular weight excluding hydrogens is 172 g/mol. The average molecular weight is 194 g/mol. The van der Waals surface area contributed by atoms with E-state index in [0.717, 1.165) is 6.42 Å². The molecule has 2 N–H and O–H groups in total. The van der Waals surface area contributed by atoms with Crippen LogP contribution in [0.1, 0.15) is 43.8 Å². The molecule has 80 valence electrons. The highest BCUT2D eigenvalue weighted by molar-refractivity contribution is 5.28. The Bertz CT molecular complexity index is 308. The lowest BCUT2D eigenvalue weighted by atomic mass is 10.1. The number of aryl methyl sites for hydroxylation is 1. The summed E-state index contributed by atoms with van der Waals surface area (Å²) in [5, 5.41) is 0. The largest absolute Gasteiger partial charge is 0.346 e. The van der Waals surface area contributed by atoms with Crippen LogP contribution >= 0.6 is 0 Å². The Morgan fingerprint density at radius 3 is 2.21 bits per heavy atom. The van der Waals surface area contributed by atoms with Crippen molar-refractivity contribution in [2.75, 3.05) is 0 Å². The van der Waals surface area contributed by atoms with Crippen molar-refractivity contribution in [3.63, 3.8) is 0 Å². The Hall–Kier alpha value is -0.760. The molecule has 1 aromatic heterocycles. The van der Waals surface area contributed by atoms with E-state index >= 15 is 0 Å². The van der Waals surface area contributed by atoms with Gasteiger partial charge in [-0.2, -0.15) is 0 Å². The quantitative estimate of drug-likeness (QED) is 0.787. The van der Waals surface area contributed by atoms with Gasteiger partial charge in [0.05, 0.1) is 0 Å². The van der Waals surface area contributed by atoms with E-state index in [4.69, 9.17) is 5.73 Å². The van der Waals surface area contributed by atoms with Gasteiger partial charge in [0.25, 0.3) is 0 Å². The molecule has 0 radical (unpaired) electrons. The third kappa shape index (κ3) is 2.18. The van der Waals surface area contributed by atoms with Gasteiger partial charge in [-0.1, -0.05) is 0 Å². The van der Waals surface area contributed by atoms with Gasteiger partial charge in [-0.15, -0.1) is 0 Å². The van der Waals surface area contributed by atoms with E-state index in [2.05, 4.69) is 45.3 Å². The van der Waals surface area contributed by atoms with Crippen LogP contribution in [-0.4, -0.2) is 10.6 Å². The monoisotopic (exact) mass is 194 g/mol. The van der Waals surface area contributed by atoms with Gasteiger partial charge in [0, 0.05) is 23.5 Å². The number of hydrogen-bond donors (Lipinski definition) is 1. The topological polar surface area (TPSA) is 30.9 Å². The predicted octanol–water partition coefficient (Wildman–Crippen LogP) is 2.58. The average Bonchev–Trinajstić information content (AvgIpc) is 2.25. The van der Waals surface area contributed by atoms with Crippen LogP contribution in [0.3, 0.4) is 0 Å². The smallest absolute Gasteiger partial charge is 0.0279 e. The second-order valence-electron chi connectivity index (χ2n) is 4.54. The van der Waals surface area contributed by atoms with Gasteiger partial charge in [-0.3, -0.25) is 0 Å². The molecule has 14 heavy (non-hydrogen) atoms. The van der Waals surface area contributed by atoms with E-state index in [9.17, 15) is 0 Å². The fourth-order valence-electron chi connectivity index (χ4n) is 2.19. The minimum Gasteiger partial charge on any atom is -0.346 e. The second-order valence-corrected chi connectivity index (χ2v) is 4.54. The number of hydrogen-bond acceptors (Lipinski definition) is 1. The molecule has 1 unspecified atom stereocenters. The Morgan fingerprint density at radius 1 is 1.29 bits per heavy atom. The summed E-state index contributed by atoms with van der Waals surface area (Å²) in [4.78, 5) is 0. The summed E-state index contributed by atoms with van der Waals surface area (Å²) >= 11 is 0. The predicted molar refractivity (Wildman–Crippen MR) is 61.6 cm³/mol. The summed E-state index contributed by atoms with van der Waals surface area (Å²) in [5.74, 6) is 0. The Morgan fingerprint density at radius 2 is 1.86 bits per heavy atom. The first-order valence-corrected chi connectivity index (χ1v) is 5.36. The Labute approximate surface area is 87.1 Å². The fourth-order valence-corrected chi connectivity index (χ4v) is 2.19. The lowest BCUT2D eigenvalue weighted by Gasteiger charge is -2.14. The van der Waals surface area contributed by atoms with Crippen LogP contribution in [0.4, 0.5) is 0 Å². The highest BCUT2D eigenvalue weighted by atomic mass is 15.0. The molecule has 0 aliphatic rings. The molecule has 0 aliphatic carbocycles. The zero-order chi connectivity index (χ0) is 10.9. The summed E-state index contributed by atoms with van der Waals surface area (Å²) < 4.78 is 2.37. The molecular formula is C12H22N2. The van der Waals surface area contributed by atoms with Crippen molar-refractivity contribution >= 4 is 0 Å². The molecule has 0 bridgehead atoms. The van der Waals surface area contributed by atoms with Crippen molar-refractivity contribution in [3.8, 4) is 0 Å². The molecule has 2 heteroatoms. The van der Waals surface area contributed by atoms with Crippen molar-refractivity contribution in [2.45, 2.75) is 53.1 Å². The number of aromatic nitrogens is 1. The summed E-state index contributed by atoms with van der Waals surface area (Å²) in [6.07, 6.45) is 0.979. The van der Waals surface area contributed by atoms with E-state index in [0.29, 0.717) is 6.04 Å². The highest BCUT2D eigenvalue weighted by Gasteiger charge is 2.11. The van der Waals surface area contributed by atoms with Crippen molar-refractivity contribution < 1.29 is 0 Å². The van der Waals surface area contributed by atoms with Crippen LogP contribution in [0, 0.1) is 13.8 Å². The minimum atomic E-state index is 0.246. The van der Waals surface area contributed by atoms with E-state index < -0.39 is 0 Å². The minimum absolute atomic E-state index is 0.246. The van der Waals surface area contributed by atoms with Crippen molar-refractivity contribution in [1.82, 2.24) is 4.57 Å². The lowest BCUT2D eigenvalue weighted by Crippen LogP contribution is -2.18. The highest BCUT2D eigenvalue weighted by Crippen LogP contribution is 2.20. The third-order valence-electron chi connectivity index (χ3n) is 2.65. The first-order valence-electron chi connectivity index (χ1n) is 5.36. The van der Waals surface area contributed by atoms with Gasteiger partial charge in [-0.05, 0) is 52.7 Å². The molecule has 0 saturated carbocycles. The summed E-state index contributed by atoms with van der Waals surface area (Å²) in [6, 6.07) is 3.05. The van der Waals surface area contributed by atoms with E-state index in [1.54, 1.807) is 0 Å². The maximum atomic E-state index is 5.82. The van der Waals surface area contributed by atoms with E-state index in [-0.39, 0.29) is 6.04 Å². The zero-order valence-electron chi connectivity index (χ0n) is 9.96. The molecule has 0 fully saturated rings. The van der Waals surface area contributed by atoms with Crippen molar-refractivity contribution in [1.29, 1.82) is 0 Å².